The van der Waals surface area contributed by atoms with Crippen LogP contribution >= 0.6 is 0 Å². The summed E-state index contributed by atoms with van der Waals surface area (Å²) in [4.78, 5) is 21.0. The zero-order valence-corrected chi connectivity index (χ0v) is 37.9. The molecule has 0 aliphatic carbocycles. The molecule has 6 heteroatoms. The molecule has 0 rings (SSSR count). The van der Waals surface area contributed by atoms with Crippen molar-refractivity contribution in [3.05, 3.63) is 12.2 Å². The summed E-state index contributed by atoms with van der Waals surface area (Å²) in [5.74, 6) is -3.80. The van der Waals surface area contributed by atoms with Gasteiger partial charge in [-0.05, 0) is 19.3 Å². The summed E-state index contributed by atoms with van der Waals surface area (Å²) in [6, 6.07) is 0. The molecule has 0 N–H and O–H groups in total. The average Bonchev–Trinajstić information content (AvgIpc) is 3.04. The normalized spacial score (nSPS) is 11.4. The van der Waals surface area contributed by atoms with Crippen LogP contribution in [0, 0.1) is 5.92 Å². The quantitative estimate of drug-likeness (QED) is 0.0395. The van der Waals surface area contributed by atoms with Gasteiger partial charge in [-0.2, -0.15) is 0 Å². The Bertz CT molecular complexity index is 579. The molecule has 0 bridgehead atoms. The molecule has 0 amide bonds. The molecular formula is C40H80O4Sn2. The predicted octanol–water partition coefficient (Wildman–Crippen LogP) is 11.3. The van der Waals surface area contributed by atoms with Gasteiger partial charge in [0.1, 0.15) is 0 Å². The third kappa shape index (κ3) is 42.3. The molecule has 0 aliphatic heterocycles. The van der Waals surface area contributed by atoms with E-state index in [9.17, 15) is 19.8 Å². The Morgan fingerprint density at radius 1 is 0.478 bits per heavy atom. The van der Waals surface area contributed by atoms with Crippen molar-refractivity contribution in [2.75, 3.05) is 0 Å². The first-order valence-corrected chi connectivity index (χ1v) is 32.1. The monoisotopic (exact) mass is 864 g/mol. The number of unbranched alkanes of at least 4 members (excludes halogenated alkanes) is 14. The number of carbonyl (C=O) groups excluding carboxylic acids is 2. The van der Waals surface area contributed by atoms with E-state index in [0.717, 1.165) is 19.3 Å². The molecule has 0 saturated carbocycles. The van der Waals surface area contributed by atoms with Gasteiger partial charge in [0, 0.05) is 17.9 Å². The van der Waals surface area contributed by atoms with Gasteiger partial charge in [0.2, 0.25) is 0 Å². The second-order valence-corrected chi connectivity index (χ2v) is 30.4. The van der Waals surface area contributed by atoms with Crippen molar-refractivity contribution < 1.29 is 19.8 Å². The number of carbonyl (C=O) groups is 2. The molecule has 0 radical (unpaired) electrons. The number of hydrogen-bond donors (Lipinski definition) is 0. The summed E-state index contributed by atoms with van der Waals surface area (Å²) < 4.78 is 10.1. The van der Waals surface area contributed by atoms with Gasteiger partial charge in [0.25, 0.3) is 0 Å². The van der Waals surface area contributed by atoms with Gasteiger partial charge >= 0.3 is 185 Å². The standard InChI is InChI=1S/C16H28O4.6C4H9.2Sn/c1-2-3-4-5-6-7-8-9-10-11-12-14(16(19)20)13-15(17)18;6*1-3-4-2;;/h11-12,14H,2-10,13H2,1H3,(H,17,18)(H,19,20);6*1,3-4H2,2H3;;/q;;;;;;;2*+1/p-2/b12-11+;;;;;;;;. The fourth-order valence-corrected chi connectivity index (χ4v) is 24.3. The molecule has 272 valence electrons. The Morgan fingerprint density at radius 3 is 1.07 bits per heavy atom. The number of rotatable bonds is 31. The molecular weight excluding hydrogens is 782 g/mol. The Balaban J connectivity index is -0.000000627. The van der Waals surface area contributed by atoms with Crippen LogP contribution in [-0.2, 0) is 9.59 Å². The molecule has 0 heterocycles. The van der Waals surface area contributed by atoms with Gasteiger partial charge in [0.05, 0.1) is 0 Å². The van der Waals surface area contributed by atoms with Gasteiger partial charge in [0.15, 0.2) is 0 Å². The first-order valence-electron chi connectivity index (χ1n) is 20.0. The van der Waals surface area contributed by atoms with E-state index < -0.39 is 63.8 Å². The Kier molecular flexibility index (Phi) is 47.7. The first-order chi connectivity index (χ1) is 22.3. The minimum absolute atomic E-state index is 0.518. The van der Waals surface area contributed by atoms with Crippen LogP contribution in [0.4, 0.5) is 0 Å². The Hall–Kier alpha value is 0.277. The molecule has 0 aromatic heterocycles. The van der Waals surface area contributed by atoms with Crippen LogP contribution in [-0.4, -0.2) is 51.5 Å². The van der Waals surface area contributed by atoms with E-state index in [-0.39, 0.29) is 0 Å². The zero-order valence-electron chi connectivity index (χ0n) is 32.2. The van der Waals surface area contributed by atoms with Crippen molar-refractivity contribution in [3.63, 3.8) is 0 Å². The second kappa shape index (κ2) is 43.3. The van der Waals surface area contributed by atoms with Gasteiger partial charge < -0.3 is 19.8 Å². The summed E-state index contributed by atoms with van der Waals surface area (Å²) in [7, 11) is 0. The maximum atomic E-state index is 10.7. The number of aliphatic carboxylic acids is 2. The van der Waals surface area contributed by atoms with Crippen molar-refractivity contribution in [2.45, 2.75) is 216 Å². The molecule has 0 aromatic rings. The van der Waals surface area contributed by atoms with Crippen LogP contribution in [0.2, 0.25) is 26.6 Å². The number of allylic oxidation sites excluding steroid dienone is 1. The Labute approximate surface area is 303 Å². The van der Waals surface area contributed by atoms with E-state index in [0.29, 0.717) is 0 Å². The minimum atomic E-state index is -1.36. The van der Waals surface area contributed by atoms with E-state index in [4.69, 9.17) is 0 Å². The second-order valence-electron chi connectivity index (χ2n) is 13.3. The molecule has 0 aliphatic rings. The number of carboxylic acids is 2. The Morgan fingerprint density at radius 2 is 0.783 bits per heavy atom. The molecule has 0 saturated heterocycles. The van der Waals surface area contributed by atoms with Crippen molar-refractivity contribution in [2.24, 2.45) is 5.92 Å². The van der Waals surface area contributed by atoms with Crippen LogP contribution in [0.15, 0.2) is 12.2 Å². The van der Waals surface area contributed by atoms with Crippen molar-refractivity contribution in [3.8, 4) is 0 Å². The third-order valence-corrected chi connectivity index (χ3v) is 26.7. The van der Waals surface area contributed by atoms with E-state index >= 15 is 0 Å². The van der Waals surface area contributed by atoms with Crippen LogP contribution in [0.25, 0.3) is 0 Å². The SMILES string of the molecule is CCCCCCCCCC/C=C/C(CC(=O)[O-])C(=O)[O-].CCC[CH2][Sn+]([CH2]CCC)[CH2]CCC.CCC[CH2][Sn+]([CH2]CCC)[CH2]CCC. The van der Waals surface area contributed by atoms with Gasteiger partial charge in [-0.15, -0.1) is 0 Å². The topological polar surface area (TPSA) is 80.3 Å². The molecule has 0 fully saturated rings. The van der Waals surface area contributed by atoms with E-state index in [1.54, 1.807) is 32.7 Å². The van der Waals surface area contributed by atoms with Crippen LogP contribution < -0.4 is 10.2 Å². The fourth-order valence-electron chi connectivity index (χ4n) is 5.38. The predicted molar refractivity (Wildman–Crippen MR) is 204 cm³/mol. The van der Waals surface area contributed by atoms with E-state index in [1.165, 1.54) is 122 Å². The molecule has 46 heavy (non-hydrogen) atoms. The van der Waals surface area contributed by atoms with E-state index in [2.05, 4.69) is 48.5 Å². The van der Waals surface area contributed by atoms with Crippen molar-refractivity contribution in [1.82, 2.24) is 0 Å². The van der Waals surface area contributed by atoms with Crippen LogP contribution in [0.5, 0.6) is 0 Å². The van der Waals surface area contributed by atoms with Gasteiger partial charge in [-0.1, -0.05) is 64.0 Å². The summed E-state index contributed by atoms with van der Waals surface area (Å²) >= 11 is -1.68. The maximum absolute atomic E-state index is 10.7. The number of carboxylic acid groups (broad SMARTS) is 2. The van der Waals surface area contributed by atoms with Crippen molar-refractivity contribution in [1.29, 1.82) is 0 Å². The average molecular weight is 862 g/mol. The molecule has 4 nitrogen and oxygen atoms in total. The summed E-state index contributed by atoms with van der Waals surface area (Å²) in [6.45, 7) is 16.2. The molecule has 1 unspecified atom stereocenters. The van der Waals surface area contributed by atoms with Crippen molar-refractivity contribution >= 4 is 51.5 Å². The summed E-state index contributed by atoms with van der Waals surface area (Å²) in [5.41, 5.74) is 0. The molecule has 0 spiro atoms. The van der Waals surface area contributed by atoms with Gasteiger partial charge in [-0.25, -0.2) is 0 Å². The number of hydrogen-bond acceptors (Lipinski definition) is 4. The zero-order chi connectivity index (χ0) is 35.1. The summed E-state index contributed by atoms with van der Waals surface area (Å²) in [6.07, 6.45) is 30.9. The fraction of sp³-hybridized carbons (Fsp3) is 0.900. The van der Waals surface area contributed by atoms with Crippen LogP contribution in [0.1, 0.15) is 190 Å². The molecule has 1 atom stereocenters. The molecule has 0 aromatic carbocycles. The van der Waals surface area contributed by atoms with Gasteiger partial charge in [-0.3, -0.25) is 0 Å². The van der Waals surface area contributed by atoms with E-state index in [1.807, 2.05) is 0 Å². The first kappa shape index (κ1) is 50.7. The van der Waals surface area contributed by atoms with Crippen LogP contribution in [0.3, 0.4) is 0 Å². The summed E-state index contributed by atoms with van der Waals surface area (Å²) in [5, 5.41) is 21.0. The third-order valence-electron chi connectivity index (χ3n) is 8.59.